The van der Waals surface area contributed by atoms with E-state index in [1.807, 2.05) is 0 Å². The summed E-state index contributed by atoms with van der Waals surface area (Å²) in [6.45, 7) is 14.3. The summed E-state index contributed by atoms with van der Waals surface area (Å²) in [5.74, 6) is 0. The van der Waals surface area contributed by atoms with Crippen LogP contribution in [-0.4, -0.2) is 16.1 Å². The van der Waals surface area contributed by atoms with E-state index in [1.165, 1.54) is 6.04 Å². The smallest absolute Gasteiger partial charge is 0.0686 e. The molecule has 0 unspecified atom stereocenters. The maximum Gasteiger partial charge on any atom is 0.0686 e. The van der Waals surface area contributed by atoms with Crippen LogP contribution in [0.1, 0.15) is 0 Å². The highest BCUT2D eigenvalue weighted by molar-refractivity contribution is 6.81. The molecule has 0 nitrogen and oxygen atoms in total. The third-order valence-electron chi connectivity index (χ3n) is 1.57. The number of hydrogen-bond donors (Lipinski definition) is 0. The molecular weight excluding hydrogens is 188 g/mol. The Kier molecular flexibility index (Phi) is 4.93. The highest BCUT2D eigenvalue weighted by Crippen LogP contribution is 2.08. The molecule has 0 amide bonds. The molecule has 0 fully saturated rings. The van der Waals surface area contributed by atoms with Gasteiger partial charge in [-0.15, -0.1) is 0 Å². The lowest BCUT2D eigenvalue weighted by Gasteiger charge is -2.11. The van der Waals surface area contributed by atoms with Gasteiger partial charge in [-0.3, -0.25) is 0 Å². The van der Waals surface area contributed by atoms with Gasteiger partial charge in [0.2, 0.25) is 0 Å². The van der Waals surface area contributed by atoms with Crippen molar-refractivity contribution in [3.63, 3.8) is 0 Å². The summed E-state index contributed by atoms with van der Waals surface area (Å²) in [6, 6.07) is 1.29. The lowest BCUT2D eigenvalue weighted by molar-refractivity contribution is 1.51. The summed E-state index contributed by atoms with van der Waals surface area (Å²) < 4.78 is 0. The molecule has 0 heterocycles. The van der Waals surface area contributed by atoms with Gasteiger partial charge in [0.05, 0.1) is 8.07 Å². The Balaban J connectivity index is 3.84. The molecule has 13 heavy (non-hydrogen) atoms. The number of allylic oxidation sites excluding steroid dienone is 3. The van der Waals surface area contributed by atoms with Crippen LogP contribution in [0.25, 0.3) is 0 Å². The largest absolute Gasteiger partial charge is 0.0950 e. The summed E-state index contributed by atoms with van der Waals surface area (Å²) in [4.78, 5) is 0. The number of hydrogen-bond acceptors (Lipinski definition) is 0. The Hall–Kier alpha value is -0.0862. The standard InChI is InChI=1S/C11H24Si2/c1-12(2,3)10-8-7-9-11-13(4,5)6/h7-10H,11H2,1-6H3/b9-7+,10-8+. The quantitative estimate of drug-likeness (QED) is 0.481. The van der Waals surface area contributed by atoms with Crippen LogP contribution in [0.4, 0.5) is 0 Å². The van der Waals surface area contributed by atoms with Crippen LogP contribution in [0, 0.1) is 0 Å². The zero-order valence-electron chi connectivity index (χ0n) is 10.0. The molecule has 0 saturated carbocycles. The molecule has 0 aliphatic carbocycles. The Morgan fingerprint density at radius 3 is 1.77 bits per heavy atom. The lowest BCUT2D eigenvalue weighted by atomic mass is 10.5. The summed E-state index contributed by atoms with van der Waals surface area (Å²) in [5.41, 5.74) is 2.38. The van der Waals surface area contributed by atoms with Gasteiger partial charge in [0.15, 0.2) is 0 Å². The highest BCUT2D eigenvalue weighted by Gasteiger charge is 2.09. The van der Waals surface area contributed by atoms with Crippen molar-refractivity contribution >= 4 is 16.1 Å². The van der Waals surface area contributed by atoms with Gasteiger partial charge in [-0.25, -0.2) is 0 Å². The topological polar surface area (TPSA) is 0 Å². The van der Waals surface area contributed by atoms with E-state index in [0.29, 0.717) is 0 Å². The molecule has 76 valence electrons. The van der Waals surface area contributed by atoms with E-state index in [2.05, 4.69) is 63.2 Å². The van der Waals surface area contributed by atoms with Gasteiger partial charge in [0.1, 0.15) is 0 Å². The van der Waals surface area contributed by atoms with Gasteiger partial charge >= 0.3 is 0 Å². The molecule has 0 rings (SSSR count). The van der Waals surface area contributed by atoms with E-state index < -0.39 is 16.1 Å². The second kappa shape index (κ2) is 4.96. The summed E-state index contributed by atoms with van der Waals surface area (Å²) in [6.07, 6.45) is 6.77. The van der Waals surface area contributed by atoms with Gasteiger partial charge in [0.25, 0.3) is 0 Å². The van der Waals surface area contributed by atoms with Crippen LogP contribution in [0.3, 0.4) is 0 Å². The maximum absolute atomic E-state index is 2.40. The molecule has 0 aromatic carbocycles. The Morgan fingerprint density at radius 1 is 0.846 bits per heavy atom. The van der Waals surface area contributed by atoms with Gasteiger partial charge in [0, 0.05) is 8.07 Å². The Bertz CT molecular complexity index is 189. The Morgan fingerprint density at radius 2 is 1.38 bits per heavy atom. The maximum atomic E-state index is 2.40. The molecule has 0 atom stereocenters. The molecule has 0 aromatic heterocycles. The molecule has 0 bridgehead atoms. The Labute approximate surface area is 85.8 Å². The van der Waals surface area contributed by atoms with Crippen LogP contribution in [0.15, 0.2) is 23.9 Å². The third-order valence-corrected chi connectivity index (χ3v) is 4.23. The van der Waals surface area contributed by atoms with Crippen LogP contribution < -0.4 is 0 Å². The third kappa shape index (κ3) is 11.9. The SMILES string of the molecule is C[Si](C)(C)/C=C/C=C/C[Si](C)(C)C. The van der Waals surface area contributed by atoms with Gasteiger partial charge in [-0.1, -0.05) is 63.2 Å². The minimum Gasteiger partial charge on any atom is -0.0950 e. The first-order valence-electron chi connectivity index (χ1n) is 5.05. The van der Waals surface area contributed by atoms with Crippen LogP contribution in [-0.2, 0) is 0 Å². The molecule has 0 radical (unpaired) electrons. The van der Waals surface area contributed by atoms with E-state index in [9.17, 15) is 0 Å². The van der Waals surface area contributed by atoms with Crippen molar-refractivity contribution in [2.45, 2.75) is 45.3 Å². The molecule has 0 aliphatic heterocycles. The predicted molar refractivity (Wildman–Crippen MR) is 69.8 cm³/mol. The van der Waals surface area contributed by atoms with Crippen molar-refractivity contribution in [1.29, 1.82) is 0 Å². The van der Waals surface area contributed by atoms with Crippen molar-refractivity contribution in [2.24, 2.45) is 0 Å². The minimum atomic E-state index is -0.974. The van der Waals surface area contributed by atoms with Crippen LogP contribution in [0.2, 0.25) is 45.3 Å². The van der Waals surface area contributed by atoms with Gasteiger partial charge < -0.3 is 0 Å². The average Bonchev–Trinajstić information content (AvgIpc) is 1.81. The van der Waals surface area contributed by atoms with Gasteiger partial charge in [-0.2, -0.15) is 0 Å². The first-order chi connectivity index (χ1) is 5.71. The second-order valence-electron chi connectivity index (χ2n) is 5.92. The fourth-order valence-electron chi connectivity index (χ4n) is 0.844. The normalized spacial score (nSPS) is 14.6. The van der Waals surface area contributed by atoms with Crippen molar-refractivity contribution in [1.82, 2.24) is 0 Å². The first-order valence-corrected chi connectivity index (χ1v) is 12.3. The second-order valence-corrected chi connectivity index (χ2v) is 16.5. The van der Waals surface area contributed by atoms with Crippen LogP contribution >= 0.6 is 0 Å². The molecule has 0 spiro atoms. The monoisotopic (exact) mass is 212 g/mol. The zero-order chi connectivity index (χ0) is 10.5. The van der Waals surface area contributed by atoms with Crippen molar-refractivity contribution in [2.75, 3.05) is 0 Å². The molecule has 0 aromatic rings. The minimum absolute atomic E-state index is 0.862. The average molecular weight is 212 g/mol. The van der Waals surface area contributed by atoms with E-state index in [1.54, 1.807) is 0 Å². The van der Waals surface area contributed by atoms with Crippen molar-refractivity contribution in [3.8, 4) is 0 Å². The lowest BCUT2D eigenvalue weighted by Crippen LogP contribution is -2.17. The first kappa shape index (κ1) is 12.9. The van der Waals surface area contributed by atoms with E-state index in [0.717, 1.165) is 0 Å². The van der Waals surface area contributed by atoms with Gasteiger partial charge in [-0.05, 0) is 6.04 Å². The molecule has 0 aliphatic rings. The fraction of sp³-hybridized carbons (Fsp3) is 0.636. The summed E-state index contributed by atoms with van der Waals surface area (Å²) in [7, 11) is -1.84. The van der Waals surface area contributed by atoms with Crippen LogP contribution in [0.5, 0.6) is 0 Å². The van der Waals surface area contributed by atoms with E-state index in [-0.39, 0.29) is 0 Å². The van der Waals surface area contributed by atoms with Crippen molar-refractivity contribution < 1.29 is 0 Å². The predicted octanol–water partition coefficient (Wildman–Crippen LogP) is 4.31. The molecule has 0 saturated heterocycles. The van der Waals surface area contributed by atoms with E-state index in [4.69, 9.17) is 0 Å². The molecule has 2 heteroatoms. The summed E-state index contributed by atoms with van der Waals surface area (Å²) in [5, 5.41) is 0. The highest BCUT2D eigenvalue weighted by atomic mass is 28.3. The fourth-order valence-corrected chi connectivity index (χ4v) is 2.38. The number of rotatable bonds is 4. The molecule has 0 N–H and O–H groups in total. The zero-order valence-corrected chi connectivity index (χ0v) is 12.0. The van der Waals surface area contributed by atoms with E-state index >= 15 is 0 Å². The van der Waals surface area contributed by atoms with Crippen molar-refractivity contribution in [3.05, 3.63) is 23.9 Å². The summed E-state index contributed by atoms with van der Waals surface area (Å²) >= 11 is 0. The molecular formula is C11H24Si2.